The van der Waals surface area contributed by atoms with Crippen molar-refractivity contribution in [3.05, 3.63) is 54.1 Å². The molecule has 0 aromatic carbocycles. The Labute approximate surface area is 161 Å². The van der Waals surface area contributed by atoms with Crippen molar-refractivity contribution in [3.8, 4) is 0 Å². The van der Waals surface area contributed by atoms with Gasteiger partial charge in [0.2, 0.25) is 0 Å². The van der Waals surface area contributed by atoms with E-state index in [1.807, 2.05) is 12.3 Å². The number of nitrogens with one attached hydrogen (secondary N) is 1. The summed E-state index contributed by atoms with van der Waals surface area (Å²) in [5.41, 5.74) is 2.39. The zero-order chi connectivity index (χ0) is 18.1. The highest BCUT2D eigenvalue weighted by atomic mass is 32.1. The van der Waals surface area contributed by atoms with E-state index in [2.05, 4.69) is 64.2 Å². The fraction of sp³-hybridized carbons (Fsp3) is 0.524. The summed E-state index contributed by atoms with van der Waals surface area (Å²) in [5.74, 6) is 0. The smallest absolute Gasteiger partial charge is 0.170 e. The summed E-state index contributed by atoms with van der Waals surface area (Å²) in [4.78, 5) is 7.12. The van der Waals surface area contributed by atoms with Gasteiger partial charge in [-0.1, -0.05) is 25.3 Å². The van der Waals surface area contributed by atoms with Gasteiger partial charge in [-0.25, -0.2) is 0 Å². The van der Waals surface area contributed by atoms with Gasteiger partial charge in [-0.3, -0.25) is 4.98 Å². The van der Waals surface area contributed by atoms with E-state index in [0.717, 1.165) is 10.8 Å². The van der Waals surface area contributed by atoms with Crippen molar-refractivity contribution in [2.75, 3.05) is 0 Å². The highest BCUT2D eigenvalue weighted by Gasteiger charge is 2.43. The molecule has 3 heterocycles. The Kier molecular flexibility index (Phi) is 4.98. The van der Waals surface area contributed by atoms with Crippen molar-refractivity contribution in [2.24, 2.45) is 0 Å². The van der Waals surface area contributed by atoms with E-state index < -0.39 is 0 Å². The lowest BCUT2D eigenvalue weighted by molar-refractivity contribution is 0.197. The van der Waals surface area contributed by atoms with Crippen LogP contribution in [0.2, 0.25) is 0 Å². The molecule has 5 heteroatoms. The first kappa shape index (κ1) is 17.5. The molecule has 2 aliphatic rings. The second-order valence-electron chi connectivity index (χ2n) is 7.81. The van der Waals surface area contributed by atoms with Gasteiger partial charge in [-0.15, -0.1) is 0 Å². The van der Waals surface area contributed by atoms with Crippen LogP contribution in [0.3, 0.4) is 0 Å². The number of hydrogen-bond acceptors (Lipinski definition) is 2. The summed E-state index contributed by atoms with van der Waals surface area (Å²) >= 11 is 5.81. The summed E-state index contributed by atoms with van der Waals surface area (Å²) in [6.07, 6.45) is 12.8. The molecule has 26 heavy (non-hydrogen) atoms. The SMILES string of the molecule is CC(C)n1ccc([C@@H]2[C@H](c3ccccn3)NC(=S)N2C2CCCCC2)c1. The van der Waals surface area contributed by atoms with Crippen LogP contribution in [-0.4, -0.2) is 25.6 Å². The lowest BCUT2D eigenvalue weighted by Crippen LogP contribution is -2.40. The van der Waals surface area contributed by atoms with E-state index in [4.69, 9.17) is 12.2 Å². The topological polar surface area (TPSA) is 33.1 Å². The maximum absolute atomic E-state index is 5.81. The van der Waals surface area contributed by atoms with Gasteiger partial charge >= 0.3 is 0 Å². The average Bonchev–Trinajstić information content (AvgIpc) is 3.28. The maximum atomic E-state index is 5.81. The Morgan fingerprint density at radius 3 is 2.62 bits per heavy atom. The second-order valence-corrected chi connectivity index (χ2v) is 8.20. The third-order valence-electron chi connectivity index (χ3n) is 5.78. The Hall–Kier alpha value is -1.88. The number of aromatic nitrogens is 2. The normalized spacial score (nSPS) is 24.3. The van der Waals surface area contributed by atoms with Crippen LogP contribution in [0.4, 0.5) is 0 Å². The van der Waals surface area contributed by atoms with Crippen LogP contribution >= 0.6 is 12.2 Å². The first-order chi connectivity index (χ1) is 12.6. The largest absolute Gasteiger partial charge is 0.352 e. The number of pyridine rings is 1. The molecule has 2 aromatic rings. The van der Waals surface area contributed by atoms with Gasteiger partial charge in [0.1, 0.15) is 0 Å². The molecule has 1 aliphatic carbocycles. The summed E-state index contributed by atoms with van der Waals surface area (Å²) in [6, 6.07) is 9.70. The monoisotopic (exact) mass is 368 g/mol. The van der Waals surface area contributed by atoms with Crippen LogP contribution in [0.15, 0.2) is 42.9 Å². The third kappa shape index (κ3) is 3.25. The predicted octanol–water partition coefficient (Wildman–Crippen LogP) is 4.77. The standard InChI is InChI=1S/C21H28N4S/c1-15(2)24-13-11-16(14-24)20-19(18-10-6-7-12-22-18)23-21(26)25(20)17-8-4-3-5-9-17/h6-7,10-15,17,19-20H,3-5,8-9H2,1-2H3,(H,23,26)/t19-,20+/m0/s1. The van der Waals surface area contributed by atoms with Crippen molar-refractivity contribution >= 4 is 17.3 Å². The lowest BCUT2D eigenvalue weighted by Gasteiger charge is -2.36. The molecule has 0 spiro atoms. The van der Waals surface area contributed by atoms with Gasteiger partial charge < -0.3 is 14.8 Å². The highest BCUT2D eigenvalue weighted by molar-refractivity contribution is 7.80. The molecule has 1 N–H and O–H groups in total. The van der Waals surface area contributed by atoms with Crippen LogP contribution in [-0.2, 0) is 0 Å². The number of rotatable bonds is 4. The van der Waals surface area contributed by atoms with E-state index in [0.29, 0.717) is 12.1 Å². The molecule has 4 nitrogen and oxygen atoms in total. The minimum Gasteiger partial charge on any atom is -0.352 e. The number of hydrogen-bond donors (Lipinski definition) is 1. The first-order valence-electron chi connectivity index (χ1n) is 9.82. The third-order valence-corrected chi connectivity index (χ3v) is 6.11. The predicted molar refractivity (Wildman–Crippen MR) is 109 cm³/mol. The lowest BCUT2D eigenvalue weighted by atomic mass is 9.91. The van der Waals surface area contributed by atoms with Crippen molar-refractivity contribution in [1.29, 1.82) is 0 Å². The maximum Gasteiger partial charge on any atom is 0.170 e. The van der Waals surface area contributed by atoms with Gasteiger partial charge in [0.25, 0.3) is 0 Å². The van der Waals surface area contributed by atoms with Crippen LogP contribution in [0.5, 0.6) is 0 Å². The summed E-state index contributed by atoms with van der Waals surface area (Å²) in [6.45, 7) is 4.44. The van der Waals surface area contributed by atoms with Gasteiger partial charge in [-0.05, 0) is 62.7 Å². The van der Waals surface area contributed by atoms with E-state index in [1.54, 1.807) is 0 Å². The Bertz CT molecular complexity index is 748. The van der Waals surface area contributed by atoms with Crippen molar-refractivity contribution in [2.45, 2.75) is 70.1 Å². The molecule has 1 saturated heterocycles. The summed E-state index contributed by atoms with van der Waals surface area (Å²) in [5, 5.41) is 4.47. The van der Waals surface area contributed by atoms with E-state index >= 15 is 0 Å². The molecule has 2 aromatic heterocycles. The molecule has 0 unspecified atom stereocenters. The van der Waals surface area contributed by atoms with E-state index in [9.17, 15) is 0 Å². The second kappa shape index (κ2) is 7.39. The molecule has 1 saturated carbocycles. The minimum atomic E-state index is 0.105. The Balaban J connectivity index is 1.73. The van der Waals surface area contributed by atoms with Crippen LogP contribution in [0.1, 0.15) is 75.3 Å². The molecule has 138 valence electrons. The summed E-state index contributed by atoms with van der Waals surface area (Å²) in [7, 11) is 0. The van der Waals surface area contributed by atoms with Crippen molar-refractivity contribution in [3.63, 3.8) is 0 Å². The highest BCUT2D eigenvalue weighted by Crippen LogP contribution is 2.42. The van der Waals surface area contributed by atoms with Crippen LogP contribution in [0, 0.1) is 0 Å². The van der Waals surface area contributed by atoms with Gasteiger partial charge in [0, 0.05) is 30.7 Å². The molecule has 2 atom stereocenters. The van der Waals surface area contributed by atoms with E-state index in [-0.39, 0.29) is 12.1 Å². The zero-order valence-corrected chi connectivity index (χ0v) is 16.5. The molecule has 0 bridgehead atoms. The first-order valence-corrected chi connectivity index (χ1v) is 10.2. The number of nitrogens with zero attached hydrogens (tertiary/aromatic N) is 3. The van der Waals surface area contributed by atoms with Gasteiger partial charge in [0.05, 0.1) is 17.8 Å². The average molecular weight is 369 g/mol. The fourth-order valence-corrected chi connectivity index (χ4v) is 4.79. The number of thiocarbonyl (C=S) groups is 1. The molecular weight excluding hydrogens is 340 g/mol. The van der Waals surface area contributed by atoms with Crippen LogP contribution < -0.4 is 5.32 Å². The fourth-order valence-electron chi connectivity index (χ4n) is 4.40. The minimum absolute atomic E-state index is 0.105. The molecule has 0 amide bonds. The van der Waals surface area contributed by atoms with Gasteiger partial charge in [-0.2, -0.15) is 0 Å². The molecular formula is C21H28N4S. The molecule has 0 radical (unpaired) electrons. The van der Waals surface area contributed by atoms with Crippen molar-refractivity contribution < 1.29 is 0 Å². The zero-order valence-electron chi connectivity index (χ0n) is 15.6. The quantitative estimate of drug-likeness (QED) is 0.788. The van der Waals surface area contributed by atoms with Crippen molar-refractivity contribution in [1.82, 2.24) is 19.8 Å². The van der Waals surface area contributed by atoms with Crippen LogP contribution in [0.25, 0.3) is 0 Å². The molecule has 2 fully saturated rings. The molecule has 4 rings (SSSR count). The van der Waals surface area contributed by atoms with Gasteiger partial charge in [0.15, 0.2) is 5.11 Å². The molecule has 1 aliphatic heterocycles. The summed E-state index contributed by atoms with van der Waals surface area (Å²) < 4.78 is 2.28. The Morgan fingerprint density at radius 2 is 1.96 bits per heavy atom. The Morgan fingerprint density at radius 1 is 1.15 bits per heavy atom. The van der Waals surface area contributed by atoms with E-state index in [1.165, 1.54) is 37.7 Å².